The average molecular weight is 286 g/mol. The van der Waals surface area contributed by atoms with Crippen molar-refractivity contribution < 1.29 is 9.53 Å². The largest absolute Gasteiger partial charge is 0.482 e. The van der Waals surface area contributed by atoms with Gasteiger partial charge >= 0.3 is 0 Å². The molecule has 102 valence electrons. The minimum atomic E-state index is -0.119. The summed E-state index contributed by atoms with van der Waals surface area (Å²) >= 11 is 1.61. The second-order valence-electron chi connectivity index (χ2n) is 4.23. The highest BCUT2D eigenvalue weighted by Crippen LogP contribution is 2.17. The number of rotatable bonds is 5. The van der Waals surface area contributed by atoms with E-state index in [1.54, 1.807) is 47.5 Å². The number of nitrogens with zero attached hydrogens (tertiary/aromatic N) is 2. The van der Waals surface area contributed by atoms with E-state index in [9.17, 15) is 4.79 Å². The Morgan fingerprint density at radius 2 is 2.15 bits per heavy atom. The van der Waals surface area contributed by atoms with Crippen LogP contribution in [-0.4, -0.2) is 24.5 Å². The average Bonchev–Trinajstić information content (AvgIpc) is 2.97. The summed E-state index contributed by atoms with van der Waals surface area (Å²) in [7, 11) is 1.74. The smallest absolute Gasteiger partial charge is 0.260 e. The third kappa shape index (κ3) is 3.59. The van der Waals surface area contributed by atoms with E-state index in [4.69, 9.17) is 10.00 Å². The Bertz CT molecular complexity index is 617. The van der Waals surface area contributed by atoms with Gasteiger partial charge in [0.2, 0.25) is 0 Å². The molecule has 0 N–H and O–H groups in total. The molecule has 0 aliphatic heterocycles. The molecular formula is C15H14N2O2S. The molecule has 2 rings (SSSR count). The maximum atomic E-state index is 12.0. The minimum absolute atomic E-state index is 0.0689. The standard InChI is InChI=1S/C15H14N2O2S/c1-17(10-13-6-4-8-20-13)15(18)11-19-14-7-3-2-5-12(14)9-16/h2-8H,10-11H2,1H3. The molecule has 0 atom stereocenters. The molecule has 0 saturated heterocycles. The predicted octanol–water partition coefficient (Wildman–Crippen LogP) is 2.66. The van der Waals surface area contributed by atoms with Gasteiger partial charge in [0.1, 0.15) is 11.8 Å². The molecule has 0 spiro atoms. The van der Waals surface area contributed by atoms with Gasteiger partial charge in [0.15, 0.2) is 6.61 Å². The molecule has 5 heteroatoms. The maximum absolute atomic E-state index is 12.0. The van der Waals surface area contributed by atoms with E-state index in [-0.39, 0.29) is 12.5 Å². The molecule has 0 bridgehead atoms. The van der Waals surface area contributed by atoms with Crippen molar-refractivity contribution in [2.24, 2.45) is 0 Å². The van der Waals surface area contributed by atoms with Crippen LogP contribution in [0, 0.1) is 11.3 Å². The van der Waals surface area contributed by atoms with E-state index in [2.05, 4.69) is 0 Å². The molecule has 0 unspecified atom stereocenters. The highest BCUT2D eigenvalue weighted by atomic mass is 32.1. The number of hydrogen-bond donors (Lipinski definition) is 0. The number of ether oxygens (including phenoxy) is 1. The highest BCUT2D eigenvalue weighted by Gasteiger charge is 2.11. The quantitative estimate of drug-likeness (QED) is 0.849. The number of likely N-dealkylation sites (N-methyl/N-ethyl adjacent to an activating group) is 1. The van der Waals surface area contributed by atoms with Crippen molar-refractivity contribution in [2.75, 3.05) is 13.7 Å². The molecule has 1 amide bonds. The number of thiophene rings is 1. The topological polar surface area (TPSA) is 53.3 Å². The van der Waals surface area contributed by atoms with Crippen LogP contribution in [0.4, 0.5) is 0 Å². The van der Waals surface area contributed by atoms with Crippen molar-refractivity contribution in [1.29, 1.82) is 5.26 Å². The second-order valence-corrected chi connectivity index (χ2v) is 5.26. The van der Waals surface area contributed by atoms with Gasteiger partial charge in [0.05, 0.1) is 12.1 Å². The van der Waals surface area contributed by atoms with E-state index in [1.165, 1.54) is 0 Å². The zero-order valence-corrected chi connectivity index (χ0v) is 11.9. The lowest BCUT2D eigenvalue weighted by molar-refractivity contribution is -0.132. The first-order valence-corrected chi connectivity index (χ1v) is 6.97. The van der Waals surface area contributed by atoms with Gasteiger partial charge in [-0.1, -0.05) is 18.2 Å². The summed E-state index contributed by atoms with van der Waals surface area (Å²) in [6.45, 7) is 0.500. The van der Waals surface area contributed by atoms with Gasteiger partial charge in [0, 0.05) is 11.9 Å². The number of carbonyl (C=O) groups is 1. The van der Waals surface area contributed by atoms with Gasteiger partial charge in [-0.25, -0.2) is 0 Å². The number of amides is 1. The van der Waals surface area contributed by atoms with Crippen LogP contribution in [0.3, 0.4) is 0 Å². The molecule has 1 heterocycles. The fourth-order valence-electron chi connectivity index (χ4n) is 1.66. The Kier molecular flexibility index (Phi) is 4.75. The molecule has 0 aliphatic rings. The Morgan fingerprint density at radius 1 is 1.35 bits per heavy atom. The van der Waals surface area contributed by atoms with Crippen LogP contribution < -0.4 is 4.74 Å². The molecule has 0 fully saturated rings. The Labute approximate surface area is 121 Å². The lowest BCUT2D eigenvalue weighted by Gasteiger charge is -2.16. The highest BCUT2D eigenvalue weighted by molar-refractivity contribution is 7.09. The second kappa shape index (κ2) is 6.73. The van der Waals surface area contributed by atoms with E-state index in [1.807, 2.05) is 23.6 Å². The number of para-hydroxylation sites is 1. The number of nitriles is 1. The van der Waals surface area contributed by atoms with Crippen LogP contribution in [0.5, 0.6) is 5.75 Å². The van der Waals surface area contributed by atoms with Gasteiger partial charge in [-0.15, -0.1) is 11.3 Å². The van der Waals surface area contributed by atoms with Gasteiger partial charge in [-0.05, 0) is 23.6 Å². The van der Waals surface area contributed by atoms with Crippen LogP contribution in [0.15, 0.2) is 41.8 Å². The zero-order chi connectivity index (χ0) is 14.4. The summed E-state index contributed by atoms with van der Waals surface area (Å²) in [5.74, 6) is 0.319. The molecular weight excluding hydrogens is 272 g/mol. The monoisotopic (exact) mass is 286 g/mol. The van der Waals surface area contributed by atoms with Crippen LogP contribution in [0.1, 0.15) is 10.4 Å². The number of benzene rings is 1. The van der Waals surface area contributed by atoms with Crippen LogP contribution in [-0.2, 0) is 11.3 Å². The first-order valence-electron chi connectivity index (χ1n) is 6.09. The molecule has 20 heavy (non-hydrogen) atoms. The summed E-state index contributed by atoms with van der Waals surface area (Å²) in [6.07, 6.45) is 0. The summed E-state index contributed by atoms with van der Waals surface area (Å²) in [4.78, 5) is 14.7. The summed E-state index contributed by atoms with van der Waals surface area (Å²) in [5, 5.41) is 10.9. The first kappa shape index (κ1) is 14.1. The number of hydrogen-bond acceptors (Lipinski definition) is 4. The fourth-order valence-corrected chi connectivity index (χ4v) is 2.42. The van der Waals surface area contributed by atoms with Crippen molar-refractivity contribution >= 4 is 17.2 Å². The van der Waals surface area contributed by atoms with Gasteiger partial charge in [-0.2, -0.15) is 5.26 Å². The lowest BCUT2D eigenvalue weighted by Crippen LogP contribution is -2.30. The van der Waals surface area contributed by atoms with Crippen molar-refractivity contribution in [3.63, 3.8) is 0 Å². The maximum Gasteiger partial charge on any atom is 0.260 e. The summed E-state index contributed by atoms with van der Waals surface area (Å²) in [6, 6.07) is 12.9. The van der Waals surface area contributed by atoms with Gasteiger partial charge < -0.3 is 9.64 Å². The Morgan fingerprint density at radius 3 is 2.85 bits per heavy atom. The van der Waals surface area contributed by atoms with E-state index < -0.39 is 0 Å². The van der Waals surface area contributed by atoms with E-state index in [0.29, 0.717) is 17.9 Å². The molecule has 0 aliphatic carbocycles. The van der Waals surface area contributed by atoms with Crippen molar-refractivity contribution in [3.8, 4) is 11.8 Å². The van der Waals surface area contributed by atoms with Crippen LogP contribution in [0.2, 0.25) is 0 Å². The van der Waals surface area contributed by atoms with E-state index >= 15 is 0 Å². The molecule has 1 aromatic carbocycles. The Hall–Kier alpha value is -2.32. The number of carbonyl (C=O) groups excluding carboxylic acids is 1. The van der Waals surface area contributed by atoms with Crippen LogP contribution in [0.25, 0.3) is 0 Å². The molecule has 4 nitrogen and oxygen atoms in total. The molecule has 0 saturated carbocycles. The third-order valence-corrected chi connectivity index (χ3v) is 3.62. The third-order valence-electron chi connectivity index (χ3n) is 2.76. The minimum Gasteiger partial charge on any atom is -0.482 e. The van der Waals surface area contributed by atoms with Crippen molar-refractivity contribution in [2.45, 2.75) is 6.54 Å². The Balaban J connectivity index is 1.90. The van der Waals surface area contributed by atoms with Gasteiger partial charge in [-0.3, -0.25) is 4.79 Å². The normalized spacial score (nSPS) is 9.80. The molecule has 0 radical (unpaired) electrons. The van der Waals surface area contributed by atoms with E-state index in [0.717, 1.165) is 4.88 Å². The first-order chi connectivity index (χ1) is 9.70. The summed E-state index contributed by atoms with van der Waals surface area (Å²) < 4.78 is 5.42. The van der Waals surface area contributed by atoms with Gasteiger partial charge in [0.25, 0.3) is 5.91 Å². The molecule has 2 aromatic rings. The lowest BCUT2D eigenvalue weighted by atomic mass is 10.2. The summed E-state index contributed by atoms with van der Waals surface area (Å²) in [5.41, 5.74) is 0.432. The van der Waals surface area contributed by atoms with Crippen molar-refractivity contribution in [1.82, 2.24) is 4.90 Å². The fraction of sp³-hybridized carbons (Fsp3) is 0.200. The predicted molar refractivity (Wildman–Crippen MR) is 77.4 cm³/mol. The van der Waals surface area contributed by atoms with Crippen molar-refractivity contribution in [3.05, 3.63) is 52.2 Å². The molecule has 1 aromatic heterocycles. The SMILES string of the molecule is CN(Cc1cccs1)C(=O)COc1ccccc1C#N. The van der Waals surface area contributed by atoms with Crippen LogP contribution >= 0.6 is 11.3 Å². The zero-order valence-electron chi connectivity index (χ0n) is 11.1.